The van der Waals surface area contributed by atoms with Crippen molar-refractivity contribution < 1.29 is 14.6 Å². The predicted molar refractivity (Wildman–Crippen MR) is 87.1 cm³/mol. The van der Waals surface area contributed by atoms with E-state index in [1.807, 2.05) is 6.07 Å². The number of piperazine rings is 1. The fourth-order valence-corrected chi connectivity index (χ4v) is 3.77. The number of carbonyl (C=O) groups is 1. The highest BCUT2D eigenvalue weighted by Gasteiger charge is 2.25. The maximum absolute atomic E-state index is 11.8. The fraction of sp³-hybridized carbons (Fsp3) is 0.667. The maximum Gasteiger partial charge on any atom is 0.275 e. The Morgan fingerprint density at radius 3 is 2.52 bits per heavy atom. The molecule has 0 radical (unpaired) electrons. The molecule has 0 unspecified atom stereocenters. The first-order valence-electron chi connectivity index (χ1n) is 7.71. The van der Waals surface area contributed by atoms with Gasteiger partial charge in [-0.2, -0.15) is 0 Å². The van der Waals surface area contributed by atoms with Crippen LogP contribution in [0, 0.1) is 5.92 Å². The van der Waals surface area contributed by atoms with Crippen LogP contribution >= 0.6 is 22.9 Å². The van der Waals surface area contributed by atoms with Gasteiger partial charge < -0.3 is 15.1 Å². The van der Waals surface area contributed by atoms with E-state index in [9.17, 15) is 4.79 Å². The normalized spacial score (nSPS) is 22.5. The molecular weight excluding hydrogens is 306 g/mol. The smallest absolute Gasteiger partial charge is 0.275 e. The average Bonchev–Trinajstić information content (AvgIpc) is 2.84. The monoisotopic (exact) mass is 331 g/mol. The van der Waals surface area contributed by atoms with Crippen LogP contribution in [0.3, 0.4) is 0 Å². The molecule has 1 saturated heterocycles. The molecule has 2 rings (SSSR count). The molecule has 1 fully saturated rings. The van der Waals surface area contributed by atoms with Gasteiger partial charge in [0.05, 0.1) is 9.21 Å². The van der Waals surface area contributed by atoms with Gasteiger partial charge in [0.1, 0.15) is 32.7 Å². The van der Waals surface area contributed by atoms with Crippen molar-refractivity contribution >= 4 is 28.8 Å². The fourth-order valence-electron chi connectivity index (χ4n) is 2.61. The van der Waals surface area contributed by atoms with Gasteiger partial charge in [0, 0.05) is 6.54 Å². The average molecular weight is 332 g/mol. The van der Waals surface area contributed by atoms with Crippen molar-refractivity contribution in [1.82, 2.24) is 5.32 Å². The van der Waals surface area contributed by atoms with Gasteiger partial charge in [0.25, 0.3) is 5.91 Å². The van der Waals surface area contributed by atoms with E-state index in [0.717, 1.165) is 43.6 Å². The third-order valence-electron chi connectivity index (χ3n) is 3.84. The number of thiophene rings is 1. The summed E-state index contributed by atoms with van der Waals surface area (Å²) in [6, 6.07) is 4.10. The van der Waals surface area contributed by atoms with Crippen molar-refractivity contribution in [3.63, 3.8) is 0 Å². The minimum absolute atomic E-state index is 0.187. The van der Waals surface area contributed by atoms with Crippen LogP contribution in [0.1, 0.15) is 18.7 Å². The van der Waals surface area contributed by atoms with Crippen molar-refractivity contribution in [2.45, 2.75) is 20.4 Å². The lowest BCUT2D eigenvalue weighted by Gasteiger charge is -2.29. The molecule has 0 bridgehead atoms. The third-order valence-corrected chi connectivity index (χ3v) is 5.07. The molecule has 0 spiro atoms. The zero-order valence-corrected chi connectivity index (χ0v) is 14.4. The number of nitrogens with one attached hydrogen (secondary N) is 3. The van der Waals surface area contributed by atoms with Gasteiger partial charge in [-0.3, -0.25) is 4.79 Å². The van der Waals surface area contributed by atoms with Gasteiger partial charge in [-0.15, -0.1) is 11.3 Å². The second-order valence-corrected chi connectivity index (χ2v) is 8.06. The van der Waals surface area contributed by atoms with Crippen LogP contribution in [0.25, 0.3) is 0 Å². The molecule has 0 atom stereocenters. The van der Waals surface area contributed by atoms with E-state index in [4.69, 9.17) is 11.6 Å². The molecule has 1 aliphatic heterocycles. The van der Waals surface area contributed by atoms with E-state index in [-0.39, 0.29) is 5.91 Å². The lowest BCUT2D eigenvalue weighted by Crippen LogP contribution is -3.28. The summed E-state index contributed by atoms with van der Waals surface area (Å²) >= 11 is 7.65. The highest BCUT2D eigenvalue weighted by Crippen LogP contribution is 2.20. The first-order chi connectivity index (χ1) is 10.0. The summed E-state index contributed by atoms with van der Waals surface area (Å²) in [4.78, 5) is 16.2. The SMILES string of the molecule is CC(C)CNC(=O)C[NH+]1CC[NH+](Cc2ccc(Cl)s2)CC1. The van der Waals surface area contributed by atoms with E-state index in [2.05, 4.69) is 25.2 Å². The van der Waals surface area contributed by atoms with E-state index in [1.54, 1.807) is 16.2 Å². The van der Waals surface area contributed by atoms with Crippen LogP contribution in [-0.4, -0.2) is 45.2 Å². The van der Waals surface area contributed by atoms with Crippen LogP contribution in [0.2, 0.25) is 4.34 Å². The van der Waals surface area contributed by atoms with E-state index >= 15 is 0 Å². The second kappa shape index (κ2) is 8.13. The lowest BCUT2D eigenvalue weighted by molar-refractivity contribution is -1.01. The van der Waals surface area contributed by atoms with Gasteiger partial charge >= 0.3 is 0 Å². The second-order valence-electron chi connectivity index (χ2n) is 6.26. The zero-order valence-electron chi connectivity index (χ0n) is 12.9. The summed E-state index contributed by atoms with van der Waals surface area (Å²) in [5.41, 5.74) is 0. The van der Waals surface area contributed by atoms with Crippen molar-refractivity contribution in [3.8, 4) is 0 Å². The summed E-state index contributed by atoms with van der Waals surface area (Å²) in [6.45, 7) is 11.1. The van der Waals surface area contributed by atoms with E-state index in [0.29, 0.717) is 12.5 Å². The third kappa shape index (κ3) is 5.94. The summed E-state index contributed by atoms with van der Waals surface area (Å²) in [5, 5.41) is 3.00. The largest absolute Gasteiger partial charge is 0.351 e. The molecule has 0 aromatic carbocycles. The van der Waals surface area contributed by atoms with Crippen LogP contribution in [0.4, 0.5) is 0 Å². The van der Waals surface area contributed by atoms with Gasteiger partial charge in [-0.25, -0.2) is 0 Å². The Bertz CT molecular complexity index is 456. The van der Waals surface area contributed by atoms with Crippen molar-refractivity contribution in [3.05, 3.63) is 21.3 Å². The van der Waals surface area contributed by atoms with Crippen LogP contribution in [0.15, 0.2) is 12.1 Å². The number of hydrogen-bond donors (Lipinski definition) is 3. The Kier molecular flexibility index (Phi) is 6.48. The highest BCUT2D eigenvalue weighted by molar-refractivity contribution is 7.16. The first kappa shape index (κ1) is 16.7. The van der Waals surface area contributed by atoms with Gasteiger partial charge in [-0.05, 0) is 18.1 Å². The predicted octanol–water partition coefficient (Wildman–Crippen LogP) is -0.543. The Morgan fingerprint density at radius 2 is 1.95 bits per heavy atom. The maximum atomic E-state index is 11.8. The number of rotatable bonds is 6. The Morgan fingerprint density at radius 1 is 1.29 bits per heavy atom. The molecule has 1 aliphatic rings. The Hall–Kier alpha value is -0.620. The number of carbonyl (C=O) groups excluding carboxylic acids is 1. The summed E-state index contributed by atoms with van der Waals surface area (Å²) in [7, 11) is 0. The molecule has 2 heterocycles. The Labute approximate surface area is 136 Å². The van der Waals surface area contributed by atoms with E-state index in [1.165, 1.54) is 9.78 Å². The number of hydrogen-bond acceptors (Lipinski definition) is 2. The topological polar surface area (TPSA) is 38.0 Å². The van der Waals surface area contributed by atoms with E-state index < -0.39 is 0 Å². The van der Waals surface area contributed by atoms with Crippen LogP contribution in [-0.2, 0) is 11.3 Å². The standard InChI is InChI=1S/C15H24ClN3OS/c1-12(2)9-17-15(20)11-19-7-5-18(6-8-19)10-13-3-4-14(16)21-13/h3-4,12H,5-11H2,1-2H3,(H,17,20)/p+2. The zero-order chi connectivity index (χ0) is 15.2. The molecule has 1 amide bonds. The van der Waals surface area contributed by atoms with Crippen LogP contribution in [0.5, 0.6) is 0 Å². The molecule has 3 N–H and O–H groups in total. The van der Waals surface area contributed by atoms with Crippen molar-refractivity contribution in [2.75, 3.05) is 39.3 Å². The molecule has 21 heavy (non-hydrogen) atoms. The molecule has 4 nitrogen and oxygen atoms in total. The molecule has 6 heteroatoms. The number of quaternary nitrogens is 2. The molecule has 0 aliphatic carbocycles. The van der Waals surface area contributed by atoms with Gasteiger partial charge in [-0.1, -0.05) is 25.4 Å². The van der Waals surface area contributed by atoms with Crippen LogP contribution < -0.4 is 15.1 Å². The van der Waals surface area contributed by atoms with Gasteiger partial charge in [0.2, 0.25) is 0 Å². The minimum Gasteiger partial charge on any atom is -0.351 e. The van der Waals surface area contributed by atoms with Crippen molar-refractivity contribution in [1.29, 1.82) is 0 Å². The Balaban J connectivity index is 1.67. The first-order valence-corrected chi connectivity index (χ1v) is 8.90. The molecule has 0 saturated carbocycles. The molecule has 1 aromatic heterocycles. The summed E-state index contributed by atoms with van der Waals surface area (Å²) in [5.74, 6) is 0.704. The lowest BCUT2D eigenvalue weighted by atomic mass is 10.2. The number of amides is 1. The van der Waals surface area contributed by atoms with Gasteiger partial charge in [0.15, 0.2) is 6.54 Å². The molecule has 1 aromatic rings. The van der Waals surface area contributed by atoms with Crippen molar-refractivity contribution in [2.24, 2.45) is 5.92 Å². The summed E-state index contributed by atoms with van der Waals surface area (Å²) in [6.07, 6.45) is 0. The molecule has 118 valence electrons. The quantitative estimate of drug-likeness (QED) is 0.643. The minimum atomic E-state index is 0.187. The molecular formula is C15H26ClN3OS+2. The summed E-state index contributed by atoms with van der Waals surface area (Å²) < 4.78 is 0.871. The highest BCUT2D eigenvalue weighted by atomic mass is 35.5. The number of halogens is 1.